The van der Waals surface area contributed by atoms with Gasteiger partial charge in [-0.1, -0.05) is 36.4 Å². The van der Waals surface area contributed by atoms with Crippen LogP contribution in [-0.4, -0.2) is 76.0 Å². The van der Waals surface area contributed by atoms with Gasteiger partial charge in [-0.15, -0.1) is 0 Å². The minimum Gasteiger partial charge on any atom is -0.465 e. The summed E-state index contributed by atoms with van der Waals surface area (Å²) >= 11 is 0. The zero-order valence-corrected chi connectivity index (χ0v) is 23.7. The van der Waals surface area contributed by atoms with E-state index in [1.54, 1.807) is 42.5 Å². The molecule has 0 unspecified atom stereocenters. The molecule has 3 aromatic rings. The number of methoxy groups -OCH3 is 1. The number of nitrogens with zero attached hydrogens (tertiary/aromatic N) is 1. The highest BCUT2D eigenvalue weighted by Crippen LogP contribution is 2.38. The first-order valence-corrected chi connectivity index (χ1v) is 15.1. The highest BCUT2D eigenvalue weighted by Gasteiger charge is 2.29. The van der Waals surface area contributed by atoms with Gasteiger partial charge in [-0.25, -0.2) is 18.7 Å². The molecule has 42 heavy (non-hydrogen) atoms. The normalized spacial score (nSPS) is 17.1. The van der Waals surface area contributed by atoms with E-state index in [4.69, 9.17) is 9.57 Å². The summed E-state index contributed by atoms with van der Waals surface area (Å²) in [4.78, 5) is 45.0. The smallest absolute Gasteiger partial charge is 0.337 e. The average molecular weight is 591 g/mol. The second kappa shape index (κ2) is 12.6. The van der Waals surface area contributed by atoms with Gasteiger partial charge in [0.25, 0.3) is 11.8 Å². The molecular weight excluding hydrogens is 560 g/mol. The zero-order valence-electron chi connectivity index (χ0n) is 22.9. The van der Waals surface area contributed by atoms with Crippen molar-refractivity contribution in [2.75, 3.05) is 55.5 Å². The fraction of sp³-hybridized carbons (Fsp3) is 0.233. The number of hydrogen-bond donors (Lipinski definition) is 3. The van der Waals surface area contributed by atoms with Crippen LogP contribution in [0, 0.1) is 0 Å². The second-order valence-corrected chi connectivity index (χ2v) is 12.1. The molecule has 0 spiro atoms. The van der Waals surface area contributed by atoms with Crippen LogP contribution < -0.4 is 16.1 Å². The van der Waals surface area contributed by atoms with Gasteiger partial charge in [0.2, 0.25) is 0 Å². The van der Waals surface area contributed by atoms with E-state index >= 15 is 0 Å². The minimum atomic E-state index is -2.94. The molecule has 0 bridgehead atoms. The van der Waals surface area contributed by atoms with Crippen LogP contribution in [0.1, 0.15) is 31.8 Å². The number of esters is 1. The van der Waals surface area contributed by atoms with Crippen molar-refractivity contribution in [2.24, 2.45) is 0 Å². The molecule has 0 aliphatic carbocycles. The number of rotatable bonds is 9. The lowest BCUT2D eigenvalue weighted by Crippen LogP contribution is -2.42. The molecule has 3 N–H and O–H groups in total. The van der Waals surface area contributed by atoms with Gasteiger partial charge in [0, 0.05) is 36.4 Å². The number of carbonyl (C=O) groups excluding carboxylic acids is 3. The lowest BCUT2D eigenvalue weighted by Gasteiger charge is -2.26. The summed E-state index contributed by atoms with van der Waals surface area (Å²) in [5.74, 6) is -0.973. The van der Waals surface area contributed by atoms with E-state index in [0.29, 0.717) is 59.0 Å². The lowest BCUT2D eigenvalue weighted by molar-refractivity contribution is -0.110. The van der Waals surface area contributed by atoms with Crippen LogP contribution >= 0.6 is 0 Å². The highest BCUT2D eigenvalue weighted by molar-refractivity contribution is 7.91. The van der Waals surface area contributed by atoms with Gasteiger partial charge < -0.3 is 15.4 Å². The molecular formula is C30H30N4O7S. The van der Waals surface area contributed by atoms with Gasteiger partial charge in [0.05, 0.1) is 47.7 Å². The van der Waals surface area contributed by atoms with Crippen LogP contribution in [0.5, 0.6) is 0 Å². The molecule has 0 saturated carbocycles. The summed E-state index contributed by atoms with van der Waals surface area (Å²) in [5, 5.41) is 6.17. The summed E-state index contributed by atoms with van der Waals surface area (Å²) in [6.07, 6.45) is 0. The Morgan fingerprint density at radius 3 is 2.31 bits per heavy atom. The number of fused-ring (bicyclic) bond motifs is 1. The predicted molar refractivity (Wildman–Crippen MR) is 158 cm³/mol. The summed E-state index contributed by atoms with van der Waals surface area (Å²) in [5.41, 5.74) is 6.65. The van der Waals surface area contributed by atoms with Crippen molar-refractivity contribution in [3.05, 3.63) is 95.1 Å². The van der Waals surface area contributed by atoms with Crippen molar-refractivity contribution < 1.29 is 32.4 Å². The third-order valence-electron chi connectivity index (χ3n) is 7.03. The largest absolute Gasteiger partial charge is 0.465 e. The van der Waals surface area contributed by atoms with Gasteiger partial charge in [0.15, 0.2) is 9.84 Å². The molecule has 0 aromatic heterocycles. The Hall–Kier alpha value is -4.52. The molecule has 0 atom stereocenters. The van der Waals surface area contributed by atoms with Gasteiger partial charge in [0.1, 0.15) is 0 Å². The fourth-order valence-electron chi connectivity index (χ4n) is 4.72. The number of sulfone groups is 1. The Morgan fingerprint density at radius 2 is 1.62 bits per heavy atom. The number of hydroxylamine groups is 1. The van der Waals surface area contributed by atoms with Crippen LogP contribution in [-0.2, 0) is 24.2 Å². The Labute approximate surface area is 243 Å². The second-order valence-electron chi connectivity index (χ2n) is 9.80. The molecule has 2 aliphatic rings. The topological polar surface area (TPSA) is 143 Å². The number of amides is 2. The molecule has 3 aromatic carbocycles. The number of nitrogens with one attached hydrogen (secondary N) is 3. The Bertz CT molecular complexity index is 1620. The van der Waals surface area contributed by atoms with Crippen LogP contribution in [0.4, 0.5) is 11.4 Å². The van der Waals surface area contributed by atoms with E-state index in [1.165, 1.54) is 7.11 Å². The van der Waals surface area contributed by atoms with Crippen LogP contribution in [0.25, 0.3) is 11.3 Å². The van der Waals surface area contributed by atoms with E-state index in [9.17, 15) is 22.8 Å². The van der Waals surface area contributed by atoms with Crippen LogP contribution in [0.3, 0.4) is 0 Å². The number of carbonyl (C=O) groups is 3. The quantitative estimate of drug-likeness (QED) is 0.148. The van der Waals surface area contributed by atoms with Crippen molar-refractivity contribution in [3.8, 4) is 0 Å². The summed E-state index contributed by atoms with van der Waals surface area (Å²) in [6.45, 7) is 1.65. The predicted octanol–water partition coefficient (Wildman–Crippen LogP) is 2.80. The van der Waals surface area contributed by atoms with E-state index in [2.05, 4.69) is 16.1 Å². The fourth-order valence-corrected chi connectivity index (χ4v) is 6.00. The first-order chi connectivity index (χ1) is 20.2. The number of hydrogen-bond acceptors (Lipinski definition) is 9. The molecule has 0 radical (unpaired) electrons. The summed E-state index contributed by atoms with van der Waals surface area (Å²) in [7, 11) is -1.65. The van der Waals surface area contributed by atoms with Gasteiger partial charge in [-0.2, -0.15) is 0 Å². The average Bonchev–Trinajstić information content (AvgIpc) is 3.33. The highest BCUT2D eigenvalue weighted by atomic mass is 32.2. The minimum absolute atomic E-state index is 0.135. The van der Waals surface area contributed by atoms with E-state index < -0.39 is 21.7 Å². The molecule has 1 saturated heterocycles. The van der Waals surface area contributed by atoms with Crippen molar-refractivity contribution >= 4 is 50.3 Å². The van der Waals surface area contributed by atoms with E-state index in [0.717, 1.165) is 5.56 Å². The van der Waals surface area contributed by atoms with Gasteiger partial charge in [-0.3, -0.25) is 19.3 Å². The van der Waals surface area contributed by atoms with Gasteiger partial charge in [-0.05, 0) is 42.0 Å². The van der Waals surface area contributed by atoms with Crippen molar-refractivity contribution in [1.29, 1.82) is 0 Å². The molecule has 5 rings (SSSR count). The van der Waals surface area contributed by atoms with Crippen LogP contribution in [0.15, 0.2) is 72.8 Å². The van der Waals surface area contributed by atoms with Crippen LogP contribution in [0.2, 0.25) is 0 Å². The first-order valence-electron chi connectivity index (χ1n) is 13.3. The number of benzene rings is 3. The Kier molecular flexibility index (Phi) is 8.67. The van der Waals surface area contributed by atoms with E-state index in [-0.39, 0.29) is 24.0 Å². The molecule has 11 nitrogen and oxygen atoms in total. The molecule has 2 amide bonds. The summed E-state index contributed by atoms with van der Waals surface area (Å²) in [6, 6.07) is 21.0. The zero-order chi connectivity index (χ0) is 29.7. The monoisotopic (exact) mass is 590 g/mol. The molecule has 12 heteroatoms. The van der Waals surface area contributed by atoms with Crippen molar-refractivity contribution in [1.82, 2.24) is 10.4 Å². The third kappa shape index (κ3) is 6.68. The SMILES string of the molecule is COC(=O)c1ccc2c(c1)NC(=O)/C2=C(\Nc1ccc(C(=O)NOCCN2CCS(=O)(=O)CC2)cc1)c1ccccc1. The maximum atomic E-state index is 13.2. The standard InChI is InChI=1S/C30H30N4O7S/c1-40-30(37)22-9-12-24-25(19-22)32-29(36)26(24)27(20-5-3-2-4-6-20)31-23-10-7-21(8-11-23)28(35)33-41-16-13-34-14-17-42(38,39)18-15-34/h2-12,19,31H,13-18H2,1H3,(H,32,36)(H,33,35)/b27-26-. The first kappa shape index (κ1) is 29.0. The maximum absolute atomic E-state index is 13.2. The summed E-state index contributed by atoms with van der Waals surface area (Å²) < 4.78 is 27.9. The maximum Gasteiger partial charge on any atom is 0.337 e. The van der Waals surface area contributed by atoms with Crippen molar-refractivity contribution in [2.45, 2.75) is 0 Å². The third-order valence-corrected chi connectivity index (χ3v) is 8.63. The Morgan fingerprint density at radius 1 is 0.929 bits per heavy atom. The molecule has 2 aliphatic heterocycles. The molecule has 218 valence electrons. The van der Waals surface area contributed by atoms with E-state index in [1.807, 2.05) is 35.2 Å². The molecule has 1 fully saturated rings. The Balaban J connectivity index is 1.28. The number of anilines is 2. The number of ether oxygens (including phenoxy) is 1. The molecule has 2 heterocycles. The van der Waals surface area contributed by atoms with Gasteiger partial charge >= 0.3 is 5.97 Å². The lowest BCUT2D eigenvalue weighted by atomic mass is 9.99. The van der Waals surface area contributed by atoms with Crippen molar-refractivity contribution in [3.63, 3.8) is 0 Å².